The average molecular weight is 181 g/mol. The van der Waals surface area contributed by atoms with Gasteiger partial charge in [0.15, 0.2) is 5.82 Å². The van der Waals surface area contributed by atoms with Crippen LogP contribution in [-0.2, 0) is 0 Å². The summed E-state index contributed by atoms with van der Waals surface area (Å²) in [6, 6.07) is 0. The standard InChI is InChI=1S/C7H8FN5/c1-12-2-3-13(11-12)7-9-4-6(8)5-10-7/h2-5,11H,1H3. The predicted molar refractivity (Wildman–Crippen MR) is 44.5 cm³/mol. The smallest absolute Gasteiger partial charge is 0.245 e. The van der Waals surface area contributed by atoms with Crippen molar-refractivity contribution < 1.29 is 4.39 Å². The molecule has 0 bridgehead atoms. The van der Waals surface area contributed by atoms with E-state index < -0.39 is 5.82 Å². The molecule has 0 saturated carbocycles. The number of hydrogen-bond acceptors (Lipinski definition) is 5. The molecule has 5 nitrogen and oxygen atoms in total. The van der Waals surface area contributed by atoms with Gasteiger partial charge < -0.3 is 0 Å². The van der Waals surface area contributed by atoms with Crippen molar-refractivity contribution in [3.63, 3.8) is 0 Å². The first-order valence-electron chi connectivity index (χ1n) is 3.70. The SMILES string of the molecule is CN1C=CN(c2ncc(F)cn2)N1. The van der Waals surface area contributed by atoms with Crippen molar-refractivity contribution in [1.29, 1.82) is 0 Å². The number of anilines is 1. The van der Waals surface area contributed by atoms with E-state index in [4.69, 9.17) is 0 Å². The maximum absolute atomic E-state index is 12.5. The van der Waals surface area contributed by atoms with Crippen LogP contribution in [-0.4, -0.2) is 22.0 Å². The highest BCUT2D eigenvalue weighted by Gasteiger charge is 2.11. The van der Waals surface area contributed by atoms with Crippen LogP contribution in [0.1, 0.15) is 0 Å². The van der Waals surface area contributed by atoms with Gasteiger partial charge in [0.05, 0.1) is 12.4 Å². The molecule has 13 heavy (non-hydrogen) atoms. The van der Waals surface area contributed by atoms with Crippen LogP contribution in [0.15, 0.2) is 24.8 Å². The third-order valence-electron chi connectivity index (χ3n) is 1.53. The van der Waals surface area contributed by atoms with Crippen LogP contribution >= 0.6 is 0 Å². The van der Waals surface area contributed by atoms with Gasteiger partial charge in [0.1, 0.15) is 0 Å². The topological polar surface area (TPSA) is 44.3 Å². The fourth-order valence-corrected chi connectivity index (χ4v) is 0.945. The second kappa shape index (κ2) is 2.98. The normalized spacial score (nSPS) is 15.5. The van der Waals surface area contributed by atoms with Gasteiger partial charge in [-0.3, -0.25) is 5.01 Å². The van der Waals surface area contributed by atoms with Crippen molar-refractivity contribution in [2.45, 2.75) is 0 Å². The summed E-state index contributed by atoms with van der Waals surface area (Å²) >= 11 is 0. The molecule has 1 aliphatic rings. The fraction of sp³-hybridized carbons (Fsp3) is 0.143. The first-order chi connectivity index (χ1) is 6.25. The number of halogens is 1. The Bertz CT molecular complexity index is 322. The molecule has 0 fully saturated rings. The minimum absolute atomic E-state index is 0.405. The molecule has 1 N–H and O–H groups in total. The van der Waals surface area contributed by atoms with Gasteiger partial charge in [0, 0.05) is 19.4 Å². The Hall–Kier alpha value is -1.69. The summed E-state index contributed by atoms with van der Waals surface area (Å²) in [5.74, 6) is -0.0396. The third kappa shape index (κ3) is 1.57. The Kier molecular flexibility index (Phi) is 1.82. The van der Waals surface area contributed by atoms with Crippen LogP contribution in [0.25, 0.3) is 0 Å². The van der Waals surface area contributed by atoms with E-state index in [0.29, 0.717) is 5.95 Å². The number of hydrazine groups is 2. The molecule has 0 aliphatic carbocycles. The summed E-state index contributed by atoms with van der Waals surface area (Å²) in [5, 5.41) is 3.31. The molecular formula is C7H8FN5. The number of nitrogens with zero attached hydrogens (tertiary/aromatic N) is 4. The minimum Gasteiger partial charge on any atom is -0.299 e. The van der Waals surface area contributed by atoms with Gasteiger partial charge in [-0.05, 0) is 0 Å². The van der Waals surface area contributed by atoms with Gasteiger partial charge in [-0.1, -0.05) is 0 Å². The van der Waals surface area contributed by atoms with Crippen LogP contribution in [0.2, 0.25) is 0 Å². The third-order valence-corrected chi connectivity index (χ3v) is 1.53. The minimum atomic E-state index is -0.444. The van der Waals surface area contributed by atoms with Gasteiger partial charge in [0.2, 0.25) is 5.95 Å². The summed E-state index contributed by atoms with van der Waals surface area (Å²) in [5.41, 5.74) is 2.90. The van der Waals surface area contributed by atoms with E-state index in [9.17, 15) is 4.39 Å². The molecule has 6 heteroatoms. The first kappa shape index (κ1) is 7.93. The lowest BCUT2D eigenvalue weighted by Gasteiger charge is -2.16. The van der Waals surface area contributed by atoms with E-state index in [1.807, 2.05) is 7.05 Å². The Morgan fingerprint density at radius 3 is 2.54 bits per heavy atom. The second-order valence-electron chi connectivity index (χ2n) is 2.58. The zero-order chi connectivity index (χ0) is 9.26. The summed E-state index contributed by atoms with van der Waals surface area (Å²) < 4.78 is 12.5. The first-order valence-corrected chi connectivity index (χ1v) is 3.70. The molecule has 2 heterocycles. The summed E-state index contributed by atoms with van der Waals surface area (Å²) in [4.78, 5) is 7.59. The number of rotatable bonds is 1. The molecule has 0 saturated heterocycles. The molecule has 1 aromatic rings. The summed E-state index contributed by atoms with van der Waals surface area (Å²) in [6.45, 7) is 0. The van der Waals surface area contributed by atoms with Gasteiger partial charge >= 0.3 is 0 Å². The molecule has 1 aromatic heterocycles. The second-order valence-corrected chi connectivity index (χ2v) is 2.58. The van der Waals surface area contributed by atoms with Gasteiger partial charge in [-0.25, -0.2) is 19.4 Å². The molecule has 0 radical (unpaired) electrons. The molecule has 0 aromatic carbocycles. The maximum atomic E-state index is 12.5. The Balaban J connectivity index is 2.18. The molecule has 0 unspecified atom stereocenters. The van der Waals surface area contributed by atoms with Gasteiger partial charge in [-0.2, -0.15) is 0 Å². The van der Waals surface area contributed by atoms with Gasteiger partial charge in [-0.15, -0.1) is 5.53 Å². The predicted octanol–water partition coefficient (Wildman–Crippen LogP) is 0.258. The van der Waals surface area contributed by atoms with E-state index in [1.165, 1.54) is 0 Å². The van der Waals surface area contributed by atoms with Crippen molar-refractivity contribution in [3.8, 4) is 0 Å². The average Bonchev–Trinajstić information content (AvgIpc) is 2.53. The van der Waals surface area contributed by atoms with E-state index in [2.05, 4.69) is 15.5 Å². The Labute approximate surface area is 74.4 Å². The quantitative estimate of drug-likeness (QED) is 0.673. The van der Waals surface area contributed by atoms with Crippen LogP contribution < -0.4 is 10.5 Å². The zero-order valence-corrected chi connectivity index (χ0v) is 6.98. The highest BCUT2D eigenvalue weighted by Crippen LogP contribution is 2.08. The zero-order valence-electron chi connectivity index (χ0n) is 6.98. The number of nitrogens with one attached hydrogen (secondary N) is 1. The van der Waals surface area contributed by atoms with Crippen molar-refractivity contribution >= 4 is 5.95 Å². The lowest BCUT2D eigenvalue weighted by molar-refractivity contribution is 0.356. The van der Waals surface area contributed by atoms with E-state index in [-0.39, 0.29) is 0 Å². The van der Waals surface area contributed by atoms with E-state index in [0.717, 1.165) is 12.4 Å². The van der Waals surface area contributed by atoms with Crippen LogP contribution in [0.4, 0.5) is 10.3 Å². The Morgan fingerprint density at radius 1 is 1.31 bits per heavy atom. The Morgan fingerprint density at radius 2 is 2.00 bits per heavy atom. The number of hydrogen-bond donors (Lipinski definition) is 1. The van der Waals surface area contributed by atoms with Crippen molar-refractivity contribution in [3.05, 3.63) is 30.6 Å². The van der Waals surface area contributed by atoms with Crippen molar-refractivity contribution in [2.24, 2.45) is 0 Å². The molecule has 2 rings (SSSR count). The van der Waals surface area contributed by atoms with Crippen LogP contribution in [0, 0.1) is 5.82 Å². The van der Waals surface area contributed by atoms with Crippen LogP contribution in [0.3, 0.4) is 0 Å². The van der Waals surface area contributed by atoms with E-state index in [1.54, 1.807) is 22.4 Å². The number of aromatic nitrogens is 2. The molecule has 0 spiro atoms. The lowest BCUT2D eigenvalue weighted by Crippen LogP contribution is -2.37. The molecule has 0 amide bonds. The monoisotopic (exact) mass is 181 g/mol. The van der Waals surface area contributed by atoms with Gasteiger partial charge in [0.25, 0.3) is 0 Å². The largest absolute Gasteiger partial charge is 0.299 e. The van der Waals surface area contributed by atoms with Crippen molar-refractivity contribution in [2.75, 3.05) is 12.1 Å². The van der Waals surface area contributed by atoms with E-state index >= 15 is 0 Å². The summed E-state index contributed by atoms with van der Waals surface area (Å²) in [6.07, 6.45) is 5.78. The molecule has 68 valence electrons. The van der Waals surface area contributed by atoms with Crippen LogP contribution in [0.5, 0.6) is 0 Å². The highest BCUT2D eigenvalue weighted by atomic mass is 19.1. The molecular weight excluding hydrogens is 173 g/mol. The molecule has 1 aliphatic heterocycles. The lowest BCUT2D eigenvalue weighted by atomic mass is 10.6. The summed E-state index contributed by atoms with van der Waals surface area (Å²) in [7, 11) is 1.83. The maximum Gasteiger partial charge on any atom is 0.245 e. The fourth-order valence-electron chi connectivity index (χ4n) is 0.945. The van der Waals surface area contributed by atoms with Crippen molar-refractivity contribution in [1.82, 2.24) is 20.5 Å². The highest BCUT2D eigenvalue weighted by molar-refractivity contribution is 5.32. The molecule has 0 atom stereocenters.